The first-order valence-electron chi connectivity index (χ1n) is 6.75. The molecule has 0 fully saturated rings. The minimum Gasteiger partial charge on any atom is -0.298 e. The van der Waals surface area contributed by atoms with Gasteiger partial charge in [-0.2, -0.15) is 26.3 Å². The van der Waals surface area contributed by atoms with Gasteiger partial charge in [0, 0.05) is 20.1 Å². The molecule has 0 bridgehead atoms. The van der Waals surface area contributed by atoms with Crippen molar-refractivity contribution in [3.05, 3.63) is 65.5 Å². The van der Waals surface area contributed by atoms with E-state index in [0.29, 0.717) is 12.4 Å². The van der Waals surface area contributed by atoms with Crippen LogP contribution in [0, 0.1) is 0 Å². The summed E-state index contributed by atoms with van der Waals surface area (Å²) < 4.78 is 74.2. The molecule has 0 saturated carbocycles. The molecule has 0 aliphatic rings. The molecule has 0 aromatic heterocycles. The molecule has 0 radical (unpaired) electrons. The monoisotopic (exact) mass is 572 g/mol. The molecule has 2 aromatic carbocycles. The van der Waals surface area contributed by atoms with Crippen LogP contribution in [0.3, 0.4) is 0 Å². The highest BCUT2D eigenvalue weighted by molar-refractivity contribution is 9.10. The van der Waals surface area contributed by atoms with Gasteiger partial charge in [0.1, 0.15) is 0 Å². The fraction of sp³-hybridized carbons (Fsp3) is 0.125. The first kappa shape index (κ1) is 24.9. The van der Waals surface area contributed by atoms with Crippen molar-refractivity contribution in [1.82, 2.24) is 0 Å². The molecular weight excluding hydrogens is 569 g/mol. The van der Waals surface area contributed by atoms with Gasteiger partial charge < -0.3 is 0 Å². The van der Waals surface area contributed by atoms with Crippen LogP contribution in [0.1, 0.15) is 31.8 Å². The first-order chi connectivity index (χ1) is 12.7. The first-order valence-corrected chi connectivity index (χ1v) is 9.10. The Morgan fingerprint density at radius 3 is 1.75 bits per heavy atom. The zero-order valence-electron chi connectivity index (χ0n) is 13.1. The van der Waals surface area contributed by atoms with Gasteiger partial charge in [0.2, 0.25) is 0 Å². The van der Waals surface area contributed by atoms with Crippen molar-refractivity contribution >= 4 is 67.6 Å². The largest absolute Gasteiger partial charge is 0.417 e. The Morgan fingerprint density at radius 1 is 0.786 bits per heavy atom. The van der Waals surface area contributed by atoms with Gasteiger partial charge >= 0.3 is 12.4 Å². The number of rotatable bonds is 2. The predicted molar refractivity (Wildman–Crippen MR) is 99.1 cm³/mol. The van der Waals surface area contributed by atoms with E-state index in [0.717, 1.165) is 18.2 Å². The molecule has 0 amide bonds. The maximum absolute atomic E-state index is 12.3. The summed E-state index contributed by atoms with van der Waals surface area (Å²) in [6.45, 7) is 0. The Hall–Kier alpha value is -1.10. The van der Waals surface area contributed by atoms with E-state index in [4.69, 9.17) is 23.2 Å². The summed E-state index contributed by atoms with van der Waals surface area (Å²) in [6.07, 6.45) is -8.48. The highest BCUT2D eigenvalue weighted by atomic mass is 79.9. The lowest BCUT2D eigenvalue weighted by Gasteiger charge is -2.10. The van der Waals surface area contributed by atoms with Gasteiger partial charge in [0.05, 0.1) is 21.2 Å². The van der Waals surface area contributed by atoms with Gasteiger partial charge in [0.25, 0.3) is 0 Å². The molecule has 152 valence electrons. The third kappa shape index (κ3) is 6.20. The van der Waals surface area contributed by atoms with E-state index in [9.17, 15) is 35.9 Å². The van der Waals surface area contributed by atoms with E-state index in [1.165, 1.54) is 0 Å². The normalized spacial score (nSPS) is 11.5. The minimum atomic E-state index is -4.55. The van der Waals surface area contributed by atoms with E-state index in [-0.39, 0.29) is 26.4 Å². The van der Waals surface area contributed by atoms with Crippen LogP contribution in [0.5, 0.6) is 0 Å². The van der Waals surface area contributed by atoms with Gasteiger partial charge in [0.15, 0.2) is 12.6 Å². The van der Waals surface area contributed by atoms with Crippen LogP contribution in [0.4, 0.5) is 26.3 Å². The van der Waals surface area contributed by atoms with Crippen LogP contribution >= 0.6 is 55.1 Å². The average Bonchev–Trinajstić information content (AvgIpc) is 2.53. The SMILES string of the molecule is O=Cc1c(Br)ccc(C(F)(F)F)c1Cl.O=Cc1cc(C(F)(F)F)c(Cl)cc1Br. The highest BCUT2D eigenvalue weighted by Crippen LogP contribution is 2.38. The maximum atomic E-state index is 12.3. The minimum absolute atomic E-state index is 0.0817. The summed E-state index contributed by atoms with van der Waals surface area (Å²) in [5.41, 5.74) is -2.29. The molecule has 0 saturated heterocycles. The molecular formula is C16H6Br2Cl2F6O2. The number of carbonyl (C=O) groups is 2. The van der Waals surface area contributed by atoms with Crippen molar-refractivity contribution < 1.29 is 35.9 Å². The number of benzene rings is 2. The summed E-state index contributed by atoms with van der Waals surface area (Å²) >= 11 is 16.6. The van der Waals surface area contributed by atoms with Crippen molar-refractivity contribution in [2.75, 3.05) is 0 Å². The molecule has 0 unspecified atom stereocenters. The Bertz CT molecular complexity index is 886. The van der Waals surface area contributed by atoms with Crippen molar-refractivity contribution in [3.63, 3.8) is 0 Å². The third-order valence-corrected chi connectivity index (χ3v) is 5.17. The standard InChI is InChI=1S/2C8H3BrClF3O/c9-6-2-7(10)5(8(11,12)13)1-4(6)3-14;9-6-2-1-5(8(11,12)13)7(10)4(6)3-14/h2*1-3H. The molecule has 2 rings (SSSR count). The summed E-state index contributed by atoms with van der Waals surface area (Å²) in [6, 6.07) is 3.71. The van der Waals surface area contributed by atoms with E-state index in [1.807, 2.05) is 0 Å². The molecule has 0 N–H and O–H groups in total. The summed E-state index contributed by atoms with van der Waals surface area (Å²) in [5, 5.41) is -1.02. The van der Waals surface area contributed by atoms with Crippen molar-refractivity contribution in [3.8, 4) is 0 Å². The summed E-state index contributed by atoms with van der Waals surface area (Å²) in [7, 11) is 0. The van der Waals surface area contributed by atoms with Gasteiger partial charge in [-0.1, -0.05) is 55.1 Å². The zero-order chi connectivity index (χ0) is 21.9. The van der Waals surface area contributed by atoms with Crippen LogP contribution < -0.4 is 0 Å². The molecule has 0 atom stereocenters. The zero-order valence-corrected chi connectivity index (χ0v) is 17.7. The second-order valence-electron chi connectivity index (χ2n) is 4.91. The van der Waals surface area contributed by atoms with Gasteiger partial charge in [-0.15, -0.1) is 0 Å². The lowest BCUT2D eigenvalue weighted by Crippen LogP contribution is -2.07. The van der Waals surface area contributed by atoms with Crippen molar-refractivity contribution in [1.29, 1.82) is 0 Å². The molecule has 2 nitrogen and oxygen atoms in total. The van der Waals surface area contributed by atoms with Crippen LogP contribution in [0.15, 0.2) is 33.2 Å². The topological polar surface area (TPSA) is 34.1 Å². The van der Waals surface area contributed by atoms with Crippen LogP contribution in [-0.4, -0.2) is 12.6 Å². The van der Waals surface area contributed by atoms with Crippen molar-refractivity contribution in [2.45, 2.75) is 12.4 Å². The van der Waals surface area contributed by atoms with Gasteiger partial charge in [-0.3, -0.25) is 9.59 Å². The van der Waals surface area contributed by atoms with E-state index < -0.39 is 33.5 Å². The Balaban J connectivity index is 0.000000280. The van der Waals surface area contributed by atoms with E-state index >= 15 is 0 Å². The van der Waals surface area contributed by atoms with Crippen LogP contribution in [-0.2, 0) is 12.4 Å². The number of halogens is 10. The molecule has 2 aromatic rings. The second-order valence-corrected chi connectivity index (χ2v) is 7.40. The van der Waals surface area contributed by atoms with Crippen LogP contribution in [0.25, 0.3) is 0 Å². The van der Waals surface area contributed by atoms with Crippen LogP contribution in [0.2, 0.25) is 10.0 Å². The molecule has 0 aliphatic carbocycles. The smallest absolute Gasteiger partial charge is 0.298 e. The average molecular weight is 575 g/mol. The van der Waals surface area contributed by atoms with Gasteiger partial charge in [-0.05, 0) is 24.3 Å². The van der Waals surface area contributed by atoms with E-state index in [2.05, 4.69) is 31.9 Å². The fourth-order valence-corrected chi connectivity index (χ4v) is 3.46. The fourth-order valence-electron chi connectivity index (χ4n) is 1.77. The number of aldehydes is 2. The Morgan fingerprint density at radius 2 is 1.32 bits per heavy atom. The summed E-state index contributed by atoms with van der Waals surface area (Å²) in [4.78, 5) is 20.8. The van der Waals surface area contributed by atoms with Crippen molar-refractivity contribution in [2.24, 2.45) is 0 Å². The Labute approximate surface area is 181 Å². The quantitative estimate of drug-likeness (QED) is 0.270. The molecule has 28 heavy (non-hydrogen) atoms. The third-order valence-electron chi connectivity index (χ3n) is 3.07. The Kier molecular flexibility index (Phi) is 8.55. The number of hydrogen-bond donors (Lipinski definition) is 0. The second kappa shape index (κ2) is 9.60. The highest BCUT2D eigenvalue weighted by Gasteiger charge is 2.35. The molecule has 12 heteroatoms. The molecule has 0 aliphatic heterocycles. The number of alkyl halides is 6. The molecule has 0 spiro atoms. The lowest BCUT2D eigenvalue weighted by molar-refractivity contribution is -0.138. The van der Waals surface area contributed by atoms with E-state index in [1.54, 1.807) is 0 Å². The summed E-state index contributed by atoms with van der Waals surface area (Å²) in [5.74, 6) is 0. The number of hydrogen-bond acceptors (Lipinski definition) is 2. The number of carbonyl (C=O) groups excluding carboxylic acids is 2. The maximum Gasteiger partial charge on any atom is 0.417 e. The predicted octanol–water partition coefficient (Wildman–Crippen LogP) is 7.87. The molecule has 0 heterocycles. The lowest BCUT2D eigenvalue weighted by atomic mass is 10.1. The van der Waals surface area contributed by atoms with Gasteiger partial charge in [-0.25, -0.2) is 0 Å².